The van der Waals surface area contributed by atoms with Gasteiger partial charge in [0.2, 0.25) is 0 Å². The number of anilines is 3. The number of rotatable bonds is 3. The van der Waals surface area contributed by atoms with Crippen LogP contribution >= 0.6 is 0 Å². The Morgan fingerprint density at radius 2 is 1.71 bits per heavy atom. The van der Waals surface area contributed by atoms with E-state index in [9.17, 15) is 0 Å². The first-order valence-corrected chi connectivity index (χ1v) is 5.92. The molecular formula is C15H18N2. The van der Waals surface area contributed by atoms with Crippen LogP contribution < -0.4 is 11.1 Å². The lowest BCUT2D eigenvalue weighted by Crippen LogP contribution is -1.99. The second-order valence-electron chi connectivity index (χ2n) is 4.16. The Kier molecular flexibility index (Phi) is 3.33. The standard InChI is InChI=1S/C15H18N2/c1-3-12-7-4-5-9-15(12)17-14-10-6-8-13(16)11(14)2/h4-10,17H,3,16H2,1-2H3. The smallest absolute Gasteiger partial charge is 0.0434 e. The van der Waals surface area contributed by atoms with Gasteiger partial charge in [-0.15, -0.1) is 0 Å². The van der Waals surface area contributed by atoms with E-state index in [4.69, 9.17) is 5.73 Å². The van der Waals surface area contributed by atoms with E-state index in [1.165, 1.54) is 5.56 Å². The summed E-state index contributed by atoms with van der Waals surface area (Å²) in [4.78, 5) is 0. The zero-order valence-electron chi connectivity index (χ0n) is 10.3. The van der Waals surface area contributed by atoms with Crippen molar-refractivity contribution in [2.24, 2.45) is 0 Å². The van der Waals surface area contributed by atoms with Crippen molar-refractivity contribution in [2.45, 2.75) is 20.3 Å². The molecule has 0 unspecified atom stereocenters. The minimum absolute atomic E-state index is 0.823. The van der Waals surface area contributed by atoms with E-state index in [0.717, 1.165) is 29.0 Å². The number of nitrogen functional groups attached to an aromatic ring is 1. The summed E-state index contributed by atoms with van der Waals surface area (Å²) < 4.78 is 0. The molecule has 88 valence electrons. The number of aryl methyl sites for hydroxylation is 1. The van der Waals surface area contributed by atoms with Gasteiger partial charge >= 0.3 is 0 Å². The molecule has 2 aromatic rings. The van der Waals surface area contributed by atoms with Crippen LogP contribution in [0.15, 0.2) is 42.5 Å². The number of benzene rings is 2. The van der Waals surface area contributed by atoms with Gasteiger partial charge in [-0.1, -0.05) is 31.2 Å². The molecule has 17 heavy (non-hydrogen) atoms. The Morgan fingerprint density at radius 3 is 2.47 bits per heavy atom. The first-order valence-electron chi connectivity index (χ1n) is 5.92. The Hall–Kier alpha value is -1.96. The van der Waals surface area contributed by atoms with E-state index in [2.05, 4.69) is 36.5 Å². The maximum atomic E-state index is 5.90. The summed E-state index contributed by atoms with van der Waals surface area (Å²) >= 11 is 0. The fourth-order valence-corrected chi connectivity index (χ4v) is 1.88. The van der Waals surface area contributed by atoms with Gasteiger partial charge in [0.05, 0.1) is 0 Å². The van der Waals surface area contributed by atoms with Gasteiger partial charge in [-0.05, 0) is 42.7 Å². The maximum Gasteiger partial charge on any atom is 0.0434 e. The second-order valence-corrected chi connectivity index (χ2v) is 4.16. The molecule has 0 aliphatic rings. The van der Waals surface area contributed by atoms with E-state index < -0.39 is 0 Å². The highest BCUT2D eigenvalue weighted by molar-refractivity contribution is 5.70. The van der Waals surface area contributed by atoms with Gasteiger partial charge in [0.1, 0.15) is 0 Å². The summed E-state index contributed by atoms with van der Waals surface area (Å²) in [6.45, 7) is 4.19. The molecule has 0 aliphatic carbocycles. The van der Waals surface area contributed by atoms with Gasteiger partial charge in [0, 0.05) is 17.1 Å². The van der Waals surface area contributed by atoms with Crippen LogP contribution in [0.4, 0.5) is 17.1 Å². The van der Waals surface area contributed by atoms with Crippen molar-refractivity contribution in [3.8, 4) is 0 Å². The molecule has 3 N–H and O–H groups in total. The minimum atomic E-state index is 0.823. The van der Waals surface area contributed by atoms with Crippen molar-refractivity contribution >= 4 is 17.1 Å². The van der Waals surface area contributed by atoms with E-state index in [0.29, 0.717) is 0 Å². The van der Waals surface area contributed by atoms with Gasteiger partial charge in [-0.2, -0.15) is 0 Å². The number of nitrogens with one attached hydrogen (secondary N) is 1. The number of nitrogens with two attached hydrogens (primary N) is 1. The molecule has 0 radical (unpaired) electrons. The van der Waals surface area contributed by atoms with Crippen LogP contribution in [0, 0.1) is 6.92 Å². The summed E-state index contributed by atoms with van der Waals surface area (Å²) in [6, 6.07) is 14.3. The Bertz CT molecular complexity index is 518. The summed E-state index contributed by atoms with van der Waals surface area (Å²) in [6.07, 6.45) is 1.02. The third kappa shape index (κ3) is 2.41. The lowest BCUT2D eigenvalue weighted by atomic mass is 10.1. The quantitative estimate of drug-likeness (QED) is 0.779. The number of hydrogen-bond acceptors (Lipinski definition) is 2. The summed E-state index contributed by atoms with van der Waals surface area (Å²) in [5, 5.41) is 3.45. The molecule has 2 heteroatoms. The predicted octanol–water partition coefficient (Wildman–Crippen LogP) is 3.88. The van der Waals surface area contributed by atoms with Gasteiger partial charge in [-0.3, -0.25) is 0 Å². The Labute approximate surface area is 102 Å². The SMILES string of the molecule is CCc1ccccc1Nc1cccc(N)c1C. The lowest BCUT2D eigenvalue weighted by molar-refractivity contribution is 1.14. The average Bonchev–Trinajstić information content (AvgIpc) is 2.35. The highest BCUT2D eigenvalue weighted by Crippen LogP contribution is 2.26. The second kappa shape index (κ2) is 4.91. The molecule has 0 heterocycles. The molecule has 0 aliphatic heterocycles. The molecule has 0 atom stereocenters. The van der Waals surface area contributed by atoms with E-state index >= 15 is 0 Å². The zero-order chi connectivity index (χ0) is 12.3. The predicted molar refractivity (Wildman–Crippen MR) is 74.7 cm³/mol. The lowest BCUT2D eigenvalue weighted by Gasteiger charge is -2.14. The Balaban J connectivity index is 2.35. The van der Waals surface area contributed by atoms with Gasteiger partial charge in [-0.25, -0.2) is 0 Å². The topological polar surface area (TPSA) is 38.0 Å². The Morgan fingerprint density at radius 1 is 1.00 bits per heavy atom. The number of para-hydroxylation sites is 1. The molecule has 0 amide bonds. The van der Waals surface area contributed by atoms with Crippen LogP contribution in [0.3, 0.4) is 0 Å². The molecule has 0 spiro atoms. The third-order valence-electron chi connectivity index (χ3n) is 3.04. The molecule has 0 saturated carbocycles. The van der Waals surface area contributed by atoms with Crippen LogP contribution in [0.2, 0.25) is 0 Å². The van der Waals surface area contributed by atoms with Crippen molar-refractivity contribution in [2.75, 3.05) is 11.1 Å². The summed E-state index contributed by atoms with van der Waals surface area (Å²) in [5.74, 6) is 0. The van der Waals surface area contributed by atoms with Crippen molar-refractivity contribution in [1.82, 2.24) is 0 Å². The largest absolute Gasteiger partial charge is 0.398 e. The average molecular weight is 226 g/mol. The third-order valence-corrected chi connectivity index (χ3v) is 3.04. The van der Waals surface area contributed by atoms with Crippen molar-refractivity contribution < 1.29 is 0 Å². The van der Waals surface area contributed by atoms with Crippen LogP contribution in [-0.4, -0.2) is 0 Å². The van der Waals surface area contributed by atoms with E-state index in [1.54, 1.807) is 0 Å². The molecular weight excluding hydrogens is 208 g/mol. The zero-order valence-corrected chi connectivity index (χ0v) is 10.3. The molecule has 2 nitrogen and oxygen atoms in total. The van der Waals surface area contributed by atoms with Gasteiger partial charge in [0.15, 0.2) is 0 Å². The van der Waals surface area contributed by atoms with Crippen LogP contribution in [0.1, 0.15) is 18.1 Å². The molecule has 2 rings (SSSR count). The monoisotopic (exact) mass is 226 g/mol. The molecule has 0 saturated heterocycles. The normalized spacial score (nSPS) is 10.2. The number of hydrogen-bond donors (Lipinski definition) is 2. The van der Waals surface area contributed by atoms with Crippen LogP contribution in [0.25, 0.3) is 0 Å². The molecule has 0 aromatic heterocycles. The summed E-state index contributed by atoms with van der Waals surface area (Å²) in [7, 11) is 0. The molecule has 2 aromatic carbocycles. The molecule has 0 fully saturated rings. The van der Waals surface area contributed by atoms with Gasteiger partial charge < -0.3 is 11.1 Å². The fourth-order valence-electron chi connectivity index (χ4n) is 1.88. The van der Waals surface area contributed by atoms with E-state index in [-0.39, 0.29) is 0 Å². The van der Waals surface area contributed by atoms with Crippen LogP contribution in [0.5, 0.6) is 0 Å². The van der Waals surface area contributed by atoms with Crippen molar-refractivity contribution in [3.05, 3.63) is 53.6 Å². The van der Waals surface area contributed by atoms with Gasteiger partial charge in [0.25, 0.3) is 0 Å². The highest BCUT2D eigenvalue weighted by atomic mass is 14.9. The maximum absolute atomic E-state index is 5.90. The van der Waals surface area contributed by atoms with E-state index in [1.807, 2.05) is 25.1 Å². The molecule has 0 bridgehead atoms. The summed E-state index contributed by atoms with van der Waals surface area (Å²) in [5.41, 5.74) is 11.4. The first kappa shape index (κ1) is 11.5. The fraction of sp³-hybridized carbons (Fsp3) is 0.200. The minimum Gasteiger partial charge on any atom is -0.398 e. The highest BCUT2D eigenvalue weighted by Gasteiger charge is 2.03. The van der Waals surface area contributed by atoms with Crippen molar-refractivity contribution in [1.29, 1.82) is 0 Å². The first-order chi connectivity index (χ1) is 8.22. The van der Waals surface area contributed by atoms with Crippen molar-refractivity contribution in [3.63, 3.8) is 0 Å². The van der Waals surface area contributed by atoms with Crippen LogP contribution in [-0.2, 0) is 6.42 Å².